The van der Waals surface area contributed by atoms with Crippen LogP contribution in [0.4, 0.5) is 0 Å². The number of halogens is 1. The number of aromatic amines is 1. The van der Waals surface area contributed by atoms with Crippen molar-refractivity contribution in [2.75, 3.05) is 19.6 Å². The van der Waals surface area contributed by atoms with Gasteiger partial charge in [-0.25, -0.2) is 9.78 Å². The third-order valence-electron chi connectivity index (χ3n) is 4.94. The van der Waals surface area contributed by atoms with E-state index in [1.807, 2.05) is 10.6 Å². The first-order valence-electron chi connectivity index (χ1n) is 9.28. The highest BCUT2D eigenvalue weighted by molar-refractivity contribution is 6.31. The molecule has 3 rings (SSSR count). The van der Waals surface area contributed by atoms with Crippen molar-refractivity contribution in [2.24, 2.45) is 0 Å². The van der Waals surface area contributed by atoms with Crippen LogP contribution in [0.1, 0.15) is 39.7 Å². The predicted molar refractivity (Wildman–Crippen MR) is 108 cm³/mol. The van der Waals surface area contributed by atoms with Crippen LogP contribution < -0.4 is 11.2 Å². The Hall–Kier alpha value is -2.25. The Morgan fingerprint density at radius 2 is 1.96 bits per heavy atom. The molecule has 0 aliphatic carbocycles. The fraction of sp³-hybridized carbons (Fsp3) is 0.474. The van der Waals surface area contributed by atoms with Gasteiger partial charge >= 0.3 is 5.69 Å². The van der Waals surface area contributed by atoms with Crippen molar-refractivity contribution in [1.82, 2.24) is 24.4 Å². The molecule has 8 heteroatoms. The zero-order valence-electron chi connectivity index (χ0n) is 15.8. The van der Waals surface area contributed by atoms with Crippen molar-refractivity contribution in [3.63, 3.8) is 0 Å². The zero-order chi connectivity index (χ0) is 19.6. The van der Waals surface area contributed by atoms with Crippen molar-refractivity contribution in [1.29, 1.82) is 0 Å². The number of nitrogens with one attached hydrogen (secondary N) is 1. The molecule has 0 bridgehead atoms. The topological polar surface area (TPSA) is 83.9 Å². The Kier molecular flexibility index (Phi) is 5.92. The van der Waals surface area contributed by atoms with Crippen molar-refractivity contribution >= 4 is 22.6 Å². The minimum absolute atomic E-state index is 0.0448. The molecular formula is C19H24ClN5O2. The van der Waals surface area contributed by atoms with Crippen molar-refractivity contribution in [2.45, 2.75) is 39.7 Å². The summed E-state index contributed by atoms with van der Waals surface area (Å²) in [5, 5.41) is 0.542. The highest BCUT2D eigenvalue weighted by Crippen LogP contribution is 2.28. The fourth-order valence-electron chi connectivity index (χ4n) is 3.45. The quantitative estimate of drug-likeness (QED) is 0.628. The van der Waals surface area contributed by atoms with Gasteiger partial charge in [0.05, 0.1) is 11.0 Å². The second-order valence-corrected chi connectivity index (χ2v) is 7.11. The zero-order valence-corrected chi connectivity index (χ0v) is 16.6. The summed E-state index contributed by atoms with van der Waals surface area (Å²) in [4.78, 5) is 37.1. The number of nitrogens with zero attached hydrogens (tertiary/aromatic N) is 4. The Morgan fingerprint density at radius 1 is 1.22 bits per heavy atom. The molecule has 0 spiro atoms. The molecule has 0 aromatic heterocycles. The number of aromatic nitrogens is 4. The van der Waals surface area contributed by atoms with Crippen LogP contribution in [-0.2, 0) is 0 Å². The second kappa shape index (κ2) is 8.19. The van der Waals surface area contributed by atoms with Crippen molar-refractivity contribution in [3.8, 4) is 11.5 Å². The Labute approximate surface area is 162 Å². The van der Waals surface area contributed by atoms with E-state index in [0.717, 1.165) is 38.0 Å². The normalized spacial score (nSPS) is 12.9. The molecule has 27 heavy (non-hydrogen) atoms. The van der Waals surface area contributed by atoms with Gasteiger partial charge in [-0.1, -0.05) is 25.4 Å². The molecule has 1 aromatic carbocycles. The lowest BCUT2D eigenvalue weighted by atomic mass is 10.1. The Bertz CT molecular complexity index is 1020. The predicted octanol–water partition coefficient (Wildman–Crippen LogP) is 2.92. The third-order valence-corrected chi connectivity index (χ3v) is 5.18. The standard InChI is InChI=1S/C19H24ClN5O2/c1-4-24(5-2)10-6-7-12(3)25-15-9-8-13(20)11-14(15)21-16-17(25)22-19(27)23-18(16)26/h8-9,11-12H,4-7,10H2,1-3H3,(H,23,26,27)/t12-/m0/s1. The number of hydrogen-bond donors (Lipinski definition) is 1. The molecule has 0 saturated carbocycles. The summed E-state index contributed by atoms with van der Waals surface area (Å²) in [5.74, 6) is 0.314. The average molecular weight is 390 g/mol. The van der Waals surface area contributed by atoms with E-state index < -0.39 is 11.2 Å². The van der Waals surface area contributed by atoms with Gasteiger partial charge in [-0.15, -0.1) is 0 Å². The van der Waals surface area contributed by atoms with Crippen LogP contribution in [0.3, 0.4) is 0 Å². The third kappa shape index (κ3) is 4.04. The molecule has 0 radical (unpaired) electrons. The Balaban J connectivity index is 2.08. The van der Waals surface area contributed by atoms with Gasteiger partial charge in [0.25, 0.3) is 5.56 Å². The Morgan fingerprint density at radius 3 is 2.67 bits per heavy atom. The lowest BCUT2D eigenvalue weighted by Crippen LogP contribution is -2.30. The van der Waals surface area contributed by atoms with Crippen LogP contribution in [-0.4, -0.2) is 44.1 Å². The van der Waals surface area contributed by atoms with Crippen LogP contribution >= 0.6 is 11.6 Å². The SMILES string of the molecule is CCN(CC)CCC[C@H](C)n1c2nc(=O)[nH]c(=O)c-2nc2cc(Cl)ccc21. The molecule has 0 saturated heterocycles. The maximum absolute atomic E-state index is 12.3. The molecule has 2 aliphatic rings. The van der Waals surface area contributed by atoms with Gasteiger partial charge in [-0.05, 0) is 57.6 Å². The molecular weight excluding hydrogens is 366 g/mol. The smallest absolute Gasteiger partial charge is 0.319 e. The van der Waals surface area contributed by atoms with E-state index >= 15 is 0 Å². The summed E-state index contributed by atoms with van der Waals surface area (Å²) < 4.78 is 1.94. The molecule has 2 aliphatic heterocycles. The van der Waals surface area contributed by atoms with Crippen LogP contribution in [0.25, 0.3) is 22.6 Å². The molecule has 7 nitrogen and oxygen atoms in total. The van der Waals surface area contributed by atoms with Gasteiger partial charge in [0.2, 0.25) is 0 Å². The molecule has 144 valence electrons. The van der Waals surface area contributed by atoms with Crippen LogP contribution in [0, 0.1) is 0 Å². The second-order valence-electron chi connectivity index (χ2n) is 6.68. The van der Waals surface area contributed by atoms with E-state index in [9.17, 15) is 9.59 Å². The molecule has 0 amide bonds. The van der Waals surface area contributed by atoms with E-state index in [0.29, 0.717) is 16.4 Å². The van der Waals surface area contributed by atoms with Crippen LogP contribution in [0.15, 0.2) is 27.8 Å². The average Bonchev–Trinajstić information content (AvgIpc) is 2.63. The van der Waals surface area contributed by atoms with E-state index in [2.05, 4.69) is 40.6 Å². The number of rotatable bonds is 7. The van der Waals surface area contributed by atoms with Gasteiger partial charge < -0.3 is 9.47 Å². The fourth-order valence-corrected chi connectivity index (χ4v) is 3.62. The number of H-pyrrole nitrogens is 1. The summed E-state index contributed by atoms with van der Waals surface area (Å²) >= 11 is 6.11. The highest BCUT2D eigenvalue weighted by atomic mass is 35.5. The molecule has 0 unspecified atom stereocenters. The summed E-state index contributed by atoms with van der Waals surface area (Å²) in [6, 6.07) is 5.41. The van der Waals surface area contributed by atoms with E-state index in [-0.39, 0.29) is 11.7 Å². The minimum Gasteiger partial charge on any atom is -0.319 e. The molecule has 1 atom stereocenters. The summed E-state index contributed by atoms with van der Waals surface area (Å²) in [7, 11) is 0. The lowest BCUT2D eigenvalue weighted by Gasteiger charge is -2.24. The maximum atomic E-state index is 12.3. The number of benzene rings is 1. The van der Waals surface area contributed by atoms with Gasteiger partial charge in [0, 0.05) is 11.1 Å². The minimum atomic E-state index is -0.660. The van der Waals surface area contributed by atoms with Crippen LogP contribution in [0.2, 0.25) is 5.02 Å². The number of fused-ring (bicyclic) bond motifs is 2. The van der Waals surface area contributed by atoms with Gasteiger partial charge in [-0.2, -0.15) is 4.98 Å². The maximum Gasteiger partial charge on any atom is 0.349 e. The summed E-state index contributed by atoms with van der Waals surface area (Å²) in [6.45, 7) is 9.43. The van der Waals surface area contributed by atoms with Gasteiger partial charge in [-0.3, -0.25) is 9.78 Å². The van der Waals surface area contributed by atoms with Gasteiger partial charge in [0.15, 0.2) is 11.5 Å². The number of hydrogen-bond acceptors (Lipinski definition) is 5. The summed E-state index contributed by atoms with van der Waals surface area (Å²) in [5.41, 5.74) is 0.374. The van der Waals surface area contributed by atoms with E-state index in [1.54, 1.807) is 12.1 Å². The lowest BCUT2D eigenvalue weighted by molar-refractivity contribution is 0.289. The van der Waals surface area contributed by atoms with Crippen molar-refractivity contribution < 1.29 is 0 Å². The first-order valence-corrected chi connectivity index (χ1v) is 9.66. The largest absolute Gasteiger partial charge is 0.349 e. The monoisotopic (exact) mass is 389 g/mol. The highest BCUT2D eigenvalue weighted by Gasteiger charge is 2.21. The molecule has 2 heterocycles. The van der Waals surface area contributed by atoms with E-state index in [4.69, 9.17) is 11.6 Å². The molecule has 0 fully saturated rings. The first kappa shape index (κ1) is 19.5. The van der Waals surface area contributed by atoms with Gasteiger partial charge in [0.1, 0.15) is 0 Å². The summed E-state index contributed by atoms with van der Waals surface area (Å²) in [6.07, 6.45) is 1.89. The molecule has 1 aromatic rings. The van der Waals surface area contributed by atoms with Crippen LogP contribution in [0.5, 0.6) is 0 Å². The van der Waals surface area contributed by atoms with E-state index in [1.165, 1.54) is 0 Å². The molecule has 1 N–H and O–H groups in total. The van der Waals surface area contributed by atoms with Crippen molar-refractivity contribution in [3.05, 3.63) is 44.1 Å². The first-order chi connectivity index (χ1) is 12.9.